The molecular weight excluding hydrogens is 253 g/mol. The number of Topliss-reactive ketones (excluding diaryl/α,β-unsaturated/α-hetero) is 1. The number of carbonyl (C=O) groups is 1. The van der Waals surface area contributed by atoms with Gasteiger partial charge in [0.1, 0.15) is 11.6 Å². The minimum atomic E-state index is -0.425. The van der Waals surface area contributed by atoms with Gasteiger partial charge in [-0.25, -0.2) is 4.39 Å². The van der Waals surface area contributed by atoms with Crippen LogP contribution < -0.4 is 4.74 Å². The van der Waals surface area contributed by atoms with Crippen molar-refractivity contribution in [1.82, 2.24) is 4.90 Å². The van der Waals surface area contributed by atoms with Crippen molar-refractivity contribution in [2.45, 2.75) is 0 Å². The number of halogens is 1. The van der Waals surface area contributed by atoms with E-state index in [4.69, 9.17) is 4.74 Å². The quantitative estimate of drug-likeness (QED) is 0.712. The van der Waals surface area contributed by atoms with Crippen molar-refractivity contribution in [3.63, 3.8) is 0 Å². The minimum absolute atomic E-state index is 0.130. The van der Waals surface area contributed by atoms with E-state index in [1.54, 1.807) is 11.8 Å². The molecule has 0 atom stereocenters. The molecule has 100 valence electrons. The van der Waals surface area contributed by atoms with Gasteiger partial charge in [0.25, 0.3) is 0 Å². The van der Waals surface area contributed by atoms with E-state index in [9.17, 15) is 9.18 Å². The first-order valence-corrected chi connectivity index (χ1v) is 7.02. The van der Waals surface area contributed by atoms with Gasteiger partial charge in [-0.1, -0.05) is 0 Å². The SMILES string of the molecule is COc1ccc(F)cc1C(=O)CN(C)CCSC. The highest BCUT2D eigenvalue weighted by Crippen LogP contribution is 2.20. The molecule has 0 aromatic heterocycles. The fourth-order valence-electron chi connectivity index (χ4n) is 1.55. The zero-order chi connectivity index (χ0) is 13.5. The molecule has 0 radical (unpaired) electrons. The summed E-state index contributed by atoms with van der Waals surface area (Å²) in [6.07, 6.45) is 2.02. The van der Waals surface area contributed by atoms with Gasteiger partial charge in [-0.05, 0) is 31.5 Å². The second-order valence-electron chi connectivity index (χ2n) is 4.00. The van der Waals surface area contributed by atoms with Gasteiger partial charge in [-0.2, -0.15) is 11.8 Å². The van der Waals surface area contributed by atoms with Gasteiger partial charge in [0.15, 0.2) is 5.78 Å². The number of benzene rings is 1. The first-order valence-electron chi connectivity index (χ1n) is 5.62. The Morgan fingerprint density at radius 1 is 1.50 bits per heavy atom. The Morgan fingerprint density at radius 3 is 2.83 bits per heavy atom. The second kappa shape index (κ2) is 7.38. The molecule has 0 heterocycles. The summed E-state index contributed by atoms with van der Waals surface area (Å²) in [5, 5.41) is 0. The average Bonchev–Trinajstić information content (AvgIpc) is 2.36. The molecule has 1 aromatic carbocycles. The van der Waals surface area contributed by atoms with Gasteiger partial charge < -0.3 is 4.74 Å². The lowest BCUT2D eigenvalue weighted by Crippen LogP contribution is -2.28. The minimum Gasteiger partial charge on any atom is -0.496 e. The van der Waals surface area contributed by atoms with Gasteiger partial charge in [-0.3, -0.25) is 9.69 Å². The Kier molecular flexibility index (Phi) is 6.15. The number of likely N-dealkylation sites (N-methyl/N-ethyl adjacent to an activating group) is 1. The van der Waals surface area contributed by atoms with Crippen molar-refractivity contribution in [3.8, 4) is 5.75 Å². The van der Waals surface area contributed by atoms with Crippen LogP contribution in [0.4, 0.5) is 4.39 Å². The molecule has 1 aromatic rings. The number of methoxy groups -OCH3 is 1. The molecule has 5 heteroatoms. The molecule has 0 saturated carbocycles. The van der Waals surface area contributed by atoms with Crippen molar-refractivity contribution in [3.05, 3.63) is 29.6 Å². The highest BCUT2D eigenvalue weighted by molar-refractivity contribution is 7.98. The molecule has 0 aliphatic carbocycles. The molecule has 0 fully saturated rings. The van der Waals surface area contributed by atoms with Crippen LogP contribution in [0.2, 0.25) is 0 Å². The van der Waals surface area contributed by atoms with Gasteiger partial charge >= 0.3 is 0 Å². The van der Waals surface area contributed by atoms with Crippen LogP contribution in [0.15, 0.2) is 18.2 Å². The lowest BCUT2D eigenvalue weighted by atomic mass is 10.1. The number of hydrogen-bond acceptors (Lipinski definition) is 4. The van der Waals surface area contributed by atoms with Crippen LogP contribution in [0.3, 0.4) is 0 Å². The van der Waals surface area contributed by atoms with Crippen molar-refractivity contribution in [2.24, 2.45) is 0 Å². The Labute approximate surface area is 111 Å². The number of ketones is 1. The predicted molar refractivity (Wildman–Crippen MR) is 73.2 cm³/mol. The lowest BCUT2D eigenvalue weighted by molar-refractivity contribution is 0.0946. The zero-order valence-corrected chi connectivity index (χ0v) is 11.7. The molecule has 0 bridgehead atoms. The first-order chi connectivity index (χ1) is 8.58. The number of ether oxygens (including phenoxy) is 1. The second-order valence-corrected chi connectivity index (χ2v) is 4.98. The van der Waals surface area contributed by atoms with Crippen molar-refractivity contribution >= 4 is 17.5 Å². The van der Waals surface area contributed by atoms with Crippen molar-refractivity contribution in [2.75, 3.05) is 39.3 Å². The molecule has 18 heavy (non-hydrogen) atoms. The Bertz CT molecular complexity index is 412. The molecule has 3 nitrogen and oxygen atoms in total. The van der Waals surface area contributed by atoms with E-state index >= 15 is 0 Å². The van der Waals surface area contributed by atoms with E-state index in [-0.39, 0.29) is 12.3 Å². The fraction of sp³-hybridized carbons (Fsp3) is 0.462. The Balaban J connectivity index is 2.74. The van der Waals surface area contributed by atoms with E-state index in [2.05, 4.69) is 0 Å². The molecule has 0 aliphatic heterocycles. The smallest absolute Gasteiger partial charge is 0.180 e. The Morgan fingerprint density at radius 2 is 2.22 bits per heavy atom. The number of rotatable bonds is 7. The normalized spacial score (nSPS) is 10.7. The van der Waals surface area contributed by atoms with E-state index in [0.717, 1.165) is 12.3 Å². The van der Waals surface area contributed by atoms with Crippen LogP contribution in [-0.4, -0.2) is 49.9 Å². The maximum absolute atomic E-state index is 13.2. The molecule has 0 saturated heterocycles. The molecule has 0 unspecified atom stereocenters. The summed E-state index contributed by atoms with van der Waals surface area (Å²) >= 11 is 1.73. The highest BCUT2D eigenvalue weighted by Gasteiger charge is 2.15. The molecule has 0 spiro atoms. The zero-order valence-electron chi connectivity index (χ0n) is 10.9. The van der Waals surface area contributed by atoms with Crippen LogP contribution in [-0.2, 0) is 0 Å². The molecule has 1 rings (SSSR count). The van der Waals surface area contributed by atoms with E-state index in [1.165, 1.54) is 25.3 Å². The topological polar surface area (TPSA) is 29.5 Å². The number of thioether (sulfide) groups is 1. The molecule has 0 N–H and O–H groups in total. The number of carbonyl (C=O) groups excluding carboxylic acids is 1. The standard InChI is InChI=1S/C13H18FNO2S/c1-15(6-7-18-3)9-12(16)11-8-10(14)4-5-13(11)17-2/h4-5,8H,6-7,9H2,1-3H3. The van der Waals surface area contributed by atoms with E-state index in [1.807, 2.05) is 18.2 Å². The van der Waals surface area contributed by atoms with Crippen LogP contribution in [0.25, 0.3) is 0 Å². The first kappa shape index (κ1) is 15.0. The van der Waals surface area contributed by atoms with Gasteiger partial charge in [0, 0.05) is 12.3 Å². The van der Waals surface area contributed by atoms with Gasteiger partial charge in [-0.15, -0.1) is 0 Å². The van der Waals surface area contributed by atoms with Gasteiger partial charge in [0.05, 0.1) is 19.2 Å². The number of hydrogen-bond donors (Lipinski definition) is 0. The fourth-order valence-corrected chi connectivity index (χ4v) is 2.05. The summed E-state index contributed by atoms with van der Waals surface area (Å²) in [5.41, 5.74) is 0.300. The van der Waals surface area contributed by atoms with E-state index in [0.29, 0.717) is 11.3 Å². The highest BCUT2D eigenvalue weighted by atomic mass is 32.2. The monoisotopic (exact) mass is 271 g/mol. The van der Waals surface area contributed by atoms with Crippen LogP contribution in [0, 0.1) is 5.82 Å². The molecular formula is C13H18FNO2S. The summed E-state index contributed by atoms with van der Waals surface area (Å²) in [6, 6.07) is 3.99. The van der Waals surface area contributed by atoms with Crippen LogP contribution in [0.5, 0.6) is 5.75 Å². The van der Waals surface area contributed by atoms with Crippen molar-refractivity contribution in [1.29, 1.82) is 0 Å². The van der Waals surface area contributed by atoms with Gasteiger partial charge in [0.2, 0.25) is 0 Å². The van der Waals surface area contributed by atoms with E-state index < -0.39 is 5.82 Å². The third-order valence-corrected chi connectivity index (χ3v) is 3.14. The third kappa shape index (κ3) is 4.31. The molecule has 0 amide bonds. The van der Waals surface area contributed by atoms with Crippen LogP contribution >= 0.6 is 11.8 Å². The maximum atomic E-state index is 13.2. The summed E-state index contributed by atoms with van der Waals surface area (Å²) < 4.78 is 18.2. The summed E-state index contributed by atoms with van der Waals surface area (Å²) in [5.74, 6) is 0.824. The largest absolute Gasteiger partial charge is 0.496 e. The van der Waals surface area contributed by atoms with Crippen LogP contribution in [0.1, 0.15) is 10.4 Å². The summed E-state index contributed by atoms with van der Waals surface area (Å²) in [7, 11) is 3.35. The Hall–Kier alpha value is -1.07. The average molecular weight is 271 g/mol. The maximum Gasteiger partial charge on any atom is 0.180 e. The molecule has 0 aliphatic rings. The lowest BCUT2D eigenvalue weighted by Gasteiger charge is -2.16. The number of nitrogens with zero attached hydrogens (tertiary/aromatic N) is 1. The predicted octanol–water partition coefficient (Wildman–Crippen LogP) is 2.31. The summed E-state index contributed by atoms with van der Waals surface area (Å²) in [4.78, 5) is 14.0. The van der Waals surface area contributed by atoms with Crippen molar-refractivity contribution < 1.29 is 13.9 Å². The summed E-state index contributed by atoms with van der Waals surface area (Å²) in [6.45, 7) is 1.09. The third-order valence-electron chi connectivity index (χ3n) is 2.55.